The fraction of sp³-hybridized carbons (Fsp3) is 0.368. The number of carbonyl (C=O) groups is 2. The first-order valence-electron chi connectivity index (χ1n) is 8.46. The van der Waals surface area contributed by atoms with Crippen LogP contribution in [0.25, 0.3) is 10.8 Å². The number of nitrogens with zero attached hydrogens (tertiary/aromatic N) is 2. The van der Waals surface area contributed by atoms with Crippen LogP contribution in [0.2, 0.25) is 0 Å². The monoisotopic (exact) mass is 384 g/mol. The summed E-state index contributed by atoms with van der Waals surface area (Å²) in [4.78, 5) is 30.3. The third kappa shape index (κ3) is 1.88. The highest BCUT2D eigenvalue weighted by atomic mass is 79.9. The molecule has 0 spiro atoms. The molecule has 2 amide bonds. The van der Waals surface area contributed by atoms with E-state index in [-0.39, 0.29) is 17.9 Å². The Morgan fingerprint density at radius 2 is 1.67 bits per heavy atom. The summed E-state index contributed by atoms with van der Waals surface area (Å²) in [5, 5.41) is 1.72. The van der Waals surface area contributed by atoms with Crippen molar-refractivity contribution >= 4 is 38.5 Å². The first kappa shape index (κ1) is 14.6. The number of hydrogen-bond acceptors (Lipinski definition) is 3. The summed E-state index contributed by atoms with van der Waals surface area (Å²) >= 11 is 3.53. The van der Waals surface area contributed by atoms with Crippen LogP contribution in [0, 0.1) is 5.92 Å². The minimum atomic E-state index is -0.130. The van der Waals surface area contributed by atoms with E-state index in [0.29, 0.717) is 17.0 Å². The molecule has 0 radical (unpaired) electrons. The van der Waals surface area contributed by atoms with Gasteiger partial charge in [0.05, 0.1) is 6.04 Å². The predicted molar refractivity (Wildman–Crippen MR) is 95.1 cm³/mol. The van der Waals surface area contributed by atoms with Gasteiger partial charge in [0.15, 0.2) is 0 Å². The van der Waals surface area contributed by atoms with E-state index in [1.807, 2.05) is 30.3 Å². The van der Waals surface area contributed by atoms with Crippen molar-refractivity contribution in [2.45, 2.75) is 18.9 Å². The number of benzene rings is 2. The van der Waals surface area contributed by atoms with Crippen LogP contribution < -0.4 is 0 Å². The molecule has 0 unspecified atom stereocenters. The number of carbonyl (C=O) groups excluding carboxylic acids is 2. The lowest BCUT2D eigenvalue weighted by Crippen LogP contribution is -2.60. The van der Waals surface area contributed by atoms with Gasteiger partial charge in [0, 0.05) is 27.5 Å². The van der Waals surface area contributed by atoms with Crippen molar-refractivity contribution in [3.8, 4) is 0 Å². The molecule has 5 heteroatoms. The molecule has 1 atom stereocenters. The van der Waals surface area contributed by atoms with Crippen LogP contribution in [0.5, 0.6) is 0 Å². The van der Waals surface area contributed by atoms with Gasteiger partial charge in [-0.3, -0.25) is 14.5 Å². The zero-order valence-corrected chi connectivity index (χ0v) is 14.8. The Morgan fingerprint density at radius 3 is 2.33 bits per heavy atom. The quantitative estimate of drug-likeness (QED) is 0.708. The zero-order valence-electron chi connectivity index (χ0n) is 13.2. The van der Waals surface area contributed by atoms with Gasteiger partial charge in [-0.05, 0) is 55.4 Å². The Labute approximate surface area is 148 Å². The molecular formula is C19H17BrN2O2. The van der Waals surface area contributed by atoms with Crippen molar-refractivity contribution in [2.24, 2.45) is 5.92 Å². The molecule has 0 saturated carbocycles. The molecule has 2 aromatic rings. The highest BCUT2D eigenvalue weighted by molar-refractivity contribution is 9.10. The molecule has 122 valence electrons. The minimum Gasteiger partial charge on any atom is -0.301 e. The second kappa shape index (κ2) is 5.14. The largest absolute Gasteiger partial charge is 0.301 e. The topological polar surface area (TPSA) is 40.6 Å². The number of hydrogen-bond donors (Lipinski definition) is 0. The number of amides is 2. The Kier molecular flexibility index (Phi) is 3.13. The summed E-state index contributed by atoms with van der Waals surface area (Å²) < 4.78 is 0.917. The Hall–Kier alpha value is -1.72. The standard InChI is InChI=1S/C19H17BrN2O2/c20-15-5-4-14-17-12(15)2-1-3-13(17)18(23)22(19(14)24)16-10-21-8-6-11(16)7-9-21/h1-5,11,16H,6-10H2/t16-/m0/s1. The van der Waals surface area contributed by atoms with E-state index in [0.717, 1.165) is 47.7 Å². The van der Waals surface area contributed by atoms with Crippen LogP contribution in [0.3, 0.4) is 0 Å². The number of fused-ring (bicyclic) bond motifs is 3. The molecule has 2 bridgehead atoms. The van der Waals surface area contributed by atoms with E-state index < -0.39 is 0 Å². The highest BCUT2D eigenvalue weighted by Gasteiger charge is 2.44. The third-order valence-corrected chi connectivity index (χ3v) is 6.53. The van der Waals surface area contributed by atoms with Crippen molar-refractivity contribution in [3.05, 3.63) is 45.9 Å². The van der Waals surface area contributed by atoms with Gasteiger partial charge in [-0.2, -0.15) is 0 Å². The van der Waals surface area contributed by atoms with Crippen LogP contribution in [0.4, 0.5) is 0 Å². The number of piperidine rings is 3. The summed E-state index contributed by atoms with van der Waals surface area (Å²) in [6.07, 6.45) is 2.16. The van der Waals surface area contributed by atoms with Crippen molar-refractivity contribution < 1.29 is 9.59 Å². The van der Waals surface area contributed by atoms with Crippen LogP contribution >= 0.6 is 15.9 Å². The number of imide groups is 1. The molecule has 4 nitrogen and oxygen atoms in total. The normalized spacial score (nSPS) is 28.7. The predicted octanol–water partition coefficient (Wildman–Crippen LogP) is 3.29. The maximum absolute atomic E-state index is 13.2. The minimum absolute atomic E-state index is 0.0135. The highest BCUT2D eigenvalue weighted by Crippen LogP contribution is 2.38. The van der Waals surface area contributed by atoms with Crippen LogP contribution in [0.1, 0.15) is 33.6 Å². The molecule has 2 aromatic carbocycles. The molecule has 6 rings (SSSR count). The SMILES string of the molecule is O=C1c2cccc3c(Br)ccc(c23)C(=O)N1[C@H]1CN2CCC1CC2. The Morgan fingerprint density at radius 1 is 0.958 bits per heavy atom. The molecule has 4 aliphatic heterocycles. The van der Waals surface area contributed by atoms with E-state index in [1.54, 1.807) is 4.90 Å². The first-order valence-corrected chi connectivity index (χ1v) is 9.26. The van der Waals surface area contributed by atoms with Gasteiger partial charge in [-0.25, -0.2) is 0 Å². The molecule has 0 aliphatic carbocycles. The summed E-state index contributed by atoms with van der Waals surface area (Å²) in [6.45, 7) is 3.01. The Bertz CT molecular complexity index is 864. The van der Waals surface area contributed by atoms with Crippen molar-refractivity contribution in [3.63, 3.8) is 0 Å². The average molecular weight is 385 g/mol. The Balaban J connectivity index is 1.67. The fourth-order valence-electron chi connectivity index (χ4n) is 4.61. The van der Waals surface area contributed by atoms with Gasteiger partial charge in [-0.15, -0.1) is 0 Å². The van der Waals surface area contributed by atoms with Gasteiger partial charge in [0.2, 0.25) is 0 Å². The van der Waals surface area contributed by atoms with Crippen LogP contribution in [0.15, 0.2) is 34.8 Å². The van der Waals surface area contributed by atoms with Gasteiger partial charge in [-0.1, -0.05) is 28.1 Å². The molecule has 3 saturated heterocycles. The van der Waals surface area contributed by atoms with Crippen molar-refractivity contribution in [1.29, 1.82) is 0 Å². The summed E-state index contributed by atoms with van der Waals surface area (Å²) in [7, 11) is 0. The van der Waals surface area contributed by atoms with E-state index >= 15 is 0 Å². The lowest BCUT2D eigenvalue weighted by atomic mass is 9.81. The van der Waals surface area contributed by atoms with Crippen LogP contribution in [-0.2, 0) is 0 Å². The third-order valence-electron chi connectivity index (χ3n) is 5.84. The molecule has 4 heterocycles. The van der Waals surface area contributed by atoms with Crippen molar-refractivity contribution in [2.75, 3.05) is 19.6 Å². The summed E-state index contributed by atoms with van der Waals surface area (Å²) in [5.74, 6) is 0.184. The van der Waals surface area contributed by atoms with Crippen LogP contribution in [-0.4, -0.2) is 47.3 Å². The number of rotatable bonds is 1. The maximum Gasteiger partial charge on any atom is 0.261 e. The van der Waals surface area contributed by atoms with E-state index in [1.165, 1.54) is 0 Å². The smallest absolute Gasteiger partial charge is 0.261 e. The second-order valence-corrected chi connectivity index (χ2v) is 7.86. The zero-order chi connectivity index (χ0) is 16.4. The van der Waals surface area contributed by atoms with E-state index in [2.05, 4.69) is 20.8 Å². The molecular weight excluding hydrogens is 368 g/mol. The molecule has 0 N–H and O–H groups in total. The van der Waals surface area contributed by atoms with Gasteiger partial charge in [0.25, 0.3) is 11.8 Å². The van der Waals surface area contributed by atoms with Gasteiger partial charge >= 0.3 is 0 Å². The number of halogens is 1. The molecule has 3 fully saturated rings. The second-order valence-electron chi connectivity index (χ2n) is 7.01. The van der Waals surface area contributed by atoms with Crippen molar-refractivity contribution in [1.82, 2.24) is 9.80 Å². The molecule has 0 aromatic heterocycles. The summed E-state index contributed by atoms with van der Waals surface area (Å²) in [5.41, 5.74) is 1.31. The molecule has 24 heavy (non-hydrogen) atoms. The average Bonchev–Trinajstić information content (AvgIpc) is 2.62. The molecule has 4 aliphatic rings. The lowest BCUT2D eigenvalue weighted by molar-refractivity contribution is 0.00881. The first-order chi connectivity index (χ1) is 11.6. The van der Waals surface area contributed by atoms with E-state index in [4.69, 9.17) is 0 Å². The maximum atomic E-state index is 13.2. The lowest BCUT2D eigenvalue weighted by Gasteiger charge is -2.49. The fourth-order valence-corrected chi connectivity index (χ4v) is 5.07. The summed E-state index contributed by atoms with van der Waals surface area (Å²) in [6, 6.07) is 9.47. The van der Waals surface area contributed by atoms with E-state index in [9.17, 15) is 9.59 Å². The van der Waals surface area contributed by atoms with Gasteiger partial charge < -0.3 is 4.90 Å². The van der Waals surface area contributed by atoms with Gasteiger partial charge in [0.1, 0.15) is 0 Å².